The lowest BCUT2D eigenvalue weighted by molar-refractivity contribution is -0.130. The number of hydrogen-bond acceptors (Lipinski definition) is 2. The van der Waals surface area contributed by atoms with Gasteiger partial charge in [-0.2, -0.15) is 0 Å². The minimum atomic E-state index is 0.317. The summed E-state index contributed by atoms with van der Waals surface area (Å²) in [6, 6.07) is 2.08. The van der Waals surface area contributed by atoms with E-state index in [9.17, 15) is 4.79 Å². The van der Waals surface area contributed by atoms with Crippen molar-refractivity contribution in [1.82, 2.24) is 20.1 Å². The van der Waals surface area contributed by atoms with Crippen molar-refractivity contribution in [2.24, 2.45) is 12.0 Å². The van der Waals surface area contributed by atoms with Gasteiger partial charge in [-0.25, -0.2) is 4.99 Å². The zero-order valence-electron chi connectivity index (χ0n) is 15.1. The van der Waals surface area contributed by atoms with E-state index in [1.54, 1.807) is 0 Å². The van der Waals surface area contributed by atoms with Crippen molar-refractivity contribution in [3.8, 4) is 0 Å². The fourth-order valence-corrected chi connectivity index (χ4v) is 2.92. The molecule has 6 heteroatoms. The first-order chi connectivity index (χ1) is 11.7. The maximum Gasteiger partial charge on any atom is 0.222 e. The molecule has 24 heavy (non-hydrogen) atoms. The molecule has 2 N–H and O–H groups in total. The van der Waals surface area contributed by atoms with E-state index in [0.29, 0.717) is 18.9 Å². The molecule has 1 aromatic rings. The molecule has 2 rings (SSSR count). The highest BCUT2D eigenvalue weighted by Crippen LogP contribution is 2.11. The quantitative estimate of drug-likeness (QED) is 0.455. The van der Waals surface area contributed by atoms with Gasteiger partial charge in [0.15, 0.2) is 5.96 Å². The third-order valence-corrected chi connectivity index (χ3v) is 4.23. The number of aromatic nitrogens is 1. The molecule has 1 aromatic heterocycles. The number of carbonyl (C=O) groups excluding carboxylic acids is 1. The van der Waals surface area contributed by atoms with Gasteiger partial charge in [-0.05, 0) is 37.8 Å². The maximum atomic E-state index is 12.0. The summed E-state index contributed by atoms with van der Waals surface area (Å²) in [4.78, 5) is 18.6. The minimum Gasteiger partial charge on any atom is -0.357 e. The van der Waals surface area contributed by atoms with Crippen molar-refractivity contribution in [2.75, 3.05) is 26.2 Å². The van der Waals surface area contributed by atoms with E-state index < -0.39 is 0 Å². The molecule has 2 heterocycles. The molecule has 0 saturated carbocycles. The zero-order chi connectivity index (χ0) is 17.2. The van der Waals surface area contributed by atoms with E-state index in [-0.39, 0.29) is 0 Å². The smallest absolute Gasteiger partial charge is 0.222 e. The molecule has 0 aliphatic carbocycles. The standard InChI is InChI=1S/C18H31N5O/c1-3-19-18(21-14-16-9-13-22(2)15-16)20-10-7-12-23-11-6-4-5-8-17(23)24/h9,13,15H,3-8,10-12,14H2,1-2H3,(H2,19,20,21). The summed E-state index contributed by atoms with van der Waals surface area (Å²) in [5, 5.41) is 6.63. The van der Waals surface area contributed by atoms with Gasteiger partial charge in [0.25, 0.3) is 0 Å². The Labute approximate surface area is 145 Å². The van der Waals surface area contributed by atoms with Crippen LogP contribution in [-0.2, 0) is 18.4 Å². The Balaban J connectivity index is 1.73. The minimum absolute atomic E-state index is 0.317. The second-order valence-corrected chi connectivity index (χ2v) is 6.35. The lowest BCUT2D eigenvalue weighted by Crippen LogP contribution is -2.39. The van der Waals surface area contributed by atoms with Crippen LogP contribution in [0.5, 0.6) is 0 Å². The van der Waals surface area contributed by atoms with E-state index in [1.807, 2.05) is 22.7 Å². The summed E-state index contributed by atoms with van der Waals surface area (Å²) >= 11 is 0. The predicted molar refractivity (Wildman–Crippen MR) is 97.9 cm³/mol. The molecule has 6 nitrogen and oxygen atoms in total. The highest BCUT2D eigenvalue weighted by molar-refractivity contribution is 5.79. The fraction of sp³-hybridized carbons (Fsp3) is 0.667. The number of rotatable bonds is 7. The Hall–Kier alpha value is -1.98. The summed E-state index contributed by atoms with van der Waals surface area (Å²) in [6.45, 7) is 6.15. The first kappa shape index (κ1) is 18.4. The lowest BCUT2D eigenvalue weighted by atomic mass is 10.2. The topological polar surface area (TPSA) is 61.7 Å². The van der Waals surface area contributed by atoms with Gasteiger partial charge in [-0.15, -0.1) is 0 Å². The molecule has 0 atom stereocenters. The Morgan fingerprint density at radius 2 is 2.17 bits per heavy atom. The monoisotopic (exact) mass is 333 g/mol. The molecule has 134 valence electrons. The second kappa shape index (κ2) is 10.0. The van der Waals surface area contributed by atoms with Crippen LogP contribution in [0.1, 0.15) is 44.6 Å². The highest BCUT2D eigenvalue weighted by atomic mass is 16.2. The third kappa shape index (κ3) is 6.26. The molecule has 0 bridgehead atoms. The van der Waals surface area contributed by atoms with Gasteiger partial charge in [-0.1, -0.05) is 6.42 Å². The largest absolute Gasteiger partial charge is 0.357 e. The fourth-order valence-electron chi connectivity index (χ4n) is 2.92. The maximum absolute atomic E-state index is 12.0. The van der Waals surface area contributed by atoms with Gasteiger partial charge in [0.2, 0.25) is 5.91 Å². The summed E-state index contributed by atoms with van der Waals surface area (Å²) < 4.78 is 2.03. The van der Waals surface area contributed by atoms with Crippen LogP contribution >= 0.6 is 0 Å². The molecular weight excluding hydrogens is 302 g/mol. The SMILES string of the molecule is CCNC(=NCc1ccn(C)c1)NCCCN1CCCCCC1=O. The van der Waals surface area contributed by atoms with Crippen molar-refractivity contribution in [3.63, 3.8) is 0 Å². The van der Waals surface area contributed by atoms with Crippen molar-refractivity contribution < 1.29 is 4.79 Å². The van der Waals surface area contributed by atoms with Crippen LogP contribution in [0, 0.1) is 0 Å². The molecule has 1 aliphatic rings. The number of nitrogens with one attached hydrogen (secondary N) is 2. The van der Waals surface area contributed by atoms with Gasteiger partial charge in [-0.3, -0.25) is 4.79 Å². The Kier molecular flexibility index (Phi) is 7.65. The number of nitrogens with zero attached hydrogens (tertiary/aromatic N) is 3. The highest BCUT2D eigenvalue weighted by Gasteiger charge is 2.15. The van der Waals surface area contributed by atoms with Gasteiger partial charge < -0.3 is 20.1 Å². The second-order valence-electron chi connectivity index (χ2n) is 6.35. The number of likely N-dealkylation sites (tertiary alicyclic amines) is 1. The van der Waals surface area contributed by atoms with Crippen LogP contribution in [0.3, 0.4) is 0 Å². The van der Waals surface area contributed by atoms with Crippen LogP contribution in [-0.4, -0.2) is 47.5 Å². The Morgan fingerprint density at radius 3 is 2.92 bits per heavy atom. The molecule has 0 radical (unpaired) electrons. The molecular formula is C18H31N5O. The molecule has 1 saturated heterocycles. The number of carbonyl (C=O) groups is 1. The summed E-state index contributed by atoms with van der Waals surface area (Å²) in [7, 11) is 2.01. The molecule has 0 aromatic carbocycles. The number of aryl methyl sites for hydroxylation is 1. The van der Waals surface area contributed by atoms with Crippen molar-refractivity contribution in [3.05, 3.63) is 24.0 Å². The summed E-state index contributed by atoms with van der Waals surface area (Å²) in [5.41, 5.74) is 1.20. The van der Waals surface area contributed by atoms with E-state index in [0.717, 1.165) is 51.4 Å². The first-order valence-electron chi connectivity index (χ1n) is 9.10. The normalized spacial score (nSPS) is 16.2. The van der Waals surface area contributed by atoms with Gasteiger partial charge in [0.1, 0.15) is 0 Å². The Morgan fingerprint density at radius 1 is 1.29 bits per heavy atom. The van der Waals surface area contributed by atoms with E-state index in [1.165, 1.54) is 12.0 Å². The Bertz CT molecular complexity index is 537. The van der Waals surface area contributed by atoms with Crippen molar-refractivity contribution in [2.45, 2.75) is 45.6 Å². The predicted octanol–water partition coefficient (Wildman–Crippen LogP) is 1.87. The molecule has 1 fully saturated rings. The first-order valence-corrected chi connectivity index (χ1v) is 9.10. The average molecular weight is 333 g/mol. The van der Waals surface area contributed by atoms with Crippen LogP contribution in [0.15, 0.2) is 23.5 Å². The number of aliphatic imine (C=N–C) groups is 1. The number of hydrogen-bond donors (Lipinski definition) is 2. The van der Waals surface area contributed by atoms with Gasteiger partial charge in [0.05, 0.1) is 6.54 Å². The van der Waals surface area contributed by atoms with Crippen molar-refractivity contribution in [1.29, 1.82) is 0 Å². The molecule has 0 unspecified atom stereocenters. The number of guanidine groups is 1. The zero-order valence-corrected chi connectivity index (χ0v) is 15.1. The van der Waals surface area contributed by atoms with Gasteiger partial charge in [0, 0.05) is 52.0 Å². The average Bonchev–Trinajstić information content (AvgIpc) is 2.87. The van der Waals surface area contributed by atoms with Gasteiger partial charge >= 0.3 is 0 Å². The molecule has 0 spiro atoms. The lowest BCUT2D eigenvalue weighted by Gasteiger charge is -2.20. The third-order valence-electron chi connectivity index (χ3n) is 4.23. The molecule has 1 aliphatic heterocycles. The summed E-state index contributed by atoms with van der Waals surface area (Å²) in [5.74, 6) is 1.15. The van der Waals surface area contributed by atoms with Crippen molar-refractivity contribution >= 4 is 11.9 Å². The van der Waals surface area contributed by atoms with E-state index in [4.69, 9.17) is 0 Å². The van der Waals surface area contributed by atoms with E-state index in [2.05, 4.69) is 34.8 Å². The van der Waals surface area contributed by atoms with Crippen LogP contribution in [0.25, 0.3) is 0 Å². The van der Waals surface area contributed by atoms with E-state index >= 15 is 0 Å². The van der Waals surface area contributed by atoms with Crippen LogP contribution in [0.4, 0.5) is 0 Å². The summed E-state index contributed by atoms with van der Waals surface area (Å²) in [6.07, 6.45) is 9.14. The number of amides is 1. The van der Waals surface area contributed by atoms with Crippen LogP contribution in [0.2, 0.25) is 0 Å². The molecule has 1 amide bonds. The van der Waals surface area contributed by atoms with Crippen LogP contribution < -0.4 is 10.6 Å².